The van der Waals surface area contributed by atoms with Crippen molar-refractivity contribution in [2.24, 2.45) is 0 Å². The minimum absolute atomic E-state index is 0.226. The molecule has 1 amide bonds. The van der Waals surface area contributed by atoms with Gasteiger partial charge in [-0.3, -0.25) is 9.78 Å². The third-order valence-corrected chi connectivity index (χ3v) is 3.98. The second-order valence-electron chi connectivity index (χ2n) is 5.88. The largest absolute Gasteiger partial charge is 0.454 e. The molecule has 0 spiro atoms. The van der Waals surface area contributed by atoms with Crippen LogP contribution in [0.5, 0.6) is 11.5 Å². The van der Waals surface area contributed by atoms with E-state index in [-0.39, 0.29) is 12.7 Å². The number of benzene rings is 1. The van der Waals surface area contributed by atoms with E-state index in [0.29, 0.717) is 36.1 Å². The molecule has 8 nitrogen and oxygen atoms in total. The Morgan fingerprint density at radius 3 is 2.67 bits per heavy atom. The van der Waals surface area contributed by atoms with E-state index in [1.54, 1.807) is 12.4 Å². The van der Waals surface area contributed by atoms with Gasteiger partial charge in [-0.25, -0.2) is 9.97 Å². The van der Waals surface area contributed by atoms with E-state index >= 15 is 0 Å². The molecule has 136 valence electrons. The molecule has 4 rings (SSSR count). The summed E-state index contributed by atoms with van der Waals surface area (Å²) in [6.07, 6.45) is 6.48. The topological polar surface area (TPSA) is 98.3 Å². The molecule has 0 saturated heterocycles. The molecule has 0 radical (unpaired) electrons. The van der Waals surface area contributed by atoms with E-state index in [1.165, 1.54) is 12.4 Å². The Hall–Kier alpha value is -3.68. The normalized spacial score (nSPS) is 11.9. The number of hydrogen-bond donors (Lipinski definition) is 2. The Kier molecular flexibility index (Phi) is 4.78. The van der Waals surface area contributed by atoms with Gasteiger partial charge < -0.3 is 20.1 Å². The van der Waals surface area contributed by atoms with Crippen molar-refractivity contribution in [3.63, 3.8) is 0 Å². The summed E-state index contributed by atoms with van der Waals surface area (Å²) in [6, 6.07) is 9.39. The van der Waals surface area contributed by atoms with Crippen molar-refractivity contribution < 1.29 is 14.3 Å². The van der Waals surface area contributed by atoms with E-state index in [1.807, 2.05) is 30.3 Å². The summed E-state index contributed by atoms with van der Waals surface area (Å²) in [6.45, 7) is 1.16. The van der Waals surface area contributed by atoms with Crippen LogP contribution in [0.4, 0.5) is 5.95 Å². The number of pyridine rings is 1. The van der Waals surface area contributed by atoms with Gasteiger partial charge >= 0.3 is 0 Å². The number of ether oxygens (including phenoxy) is 2. The molecular formula is C19H17N5O3. The molecule has 0 saturated carbocycles. The summed E-state index contributed by atoms with van der Waals surface area (Å²) >= 11 is 0. The Morgan fingerprint density at radius 2 is 1.85 bits per heavy atom. The van der Waals surface area contributed by atoms with Crippen molar-refractivity contribution in [2.45, 2.75) is 13.1 Å². The smallest absolute Gasteiger partial charge is 0.254 e. The molecule has 1 aromatic carbocycles. The SMILES string of the molecule is O=C(NCc1ccc2c(c1)OCO2)c1cnc(NCc2cccnc2)nc1. The van der Waals surface area contributed by atoms with E-state index < -0.39 is 0 Å². The molecule has 2 aromatic heterocycles. The molecule has 2 N–H and O–H groups in total. The summed E-state index contributed by atoms with van der Waals surface area (Å²) in [4.78, 5) is 24.7. The van der Waals surface area contributed by atoms with Crippen molar-refractivity contribution in [3.05, 3.63) is 71.8 Å². The minimum atomic E-state index is -0.244. The first-order chi connectivity index (χ1) is 13.3. The first-order valence-electron chi connectivity index (χ1n) is 8.39. The van der Waals surface area contributed by atoms with Crippen LogP contribution in [-0.2, 0) is 13.1 Å². The van der Waals surface area contributed by atoms with Crippen LogP contribution in [0.1, 0.15) is 21.5 Å². The highest BCUT2D eigenvalue weighted by Crippen LogP contribution is 2.32. The van der Waals surface area contributed by atoms with Gasteiger partial charge in [0.05, 0.1) is 5.56 Å². The van der Waals surface area contributed by atoms with Crippen molar-refractivity contribution >= 4 is 11.9 Å². The van der Waals surface area contributed by atoms with Crippen molar-refractivity contribution in [1.29, 1.82) is 0 Å². The number of anilines is 1. The maximum atomic E-state index is 12.3. The average Bonchev–Trinajstić information content (AvgIpc) is 3.19. The lowest BCUT2D eigenvalue weighted by Crippen LogP contribution is -2.23. The summed E-state index contributed by atoms with van der Waals surface area (Å²) < 4.78 is 10.6. The number of amides is 1. The fourth-order valence-electron chi connectivity index (χ4n) is 2.56. The van der Waals surface area contributed by atoms with Gasteiger partial charge in [0.2, 0.25) is 12.7 Å². The van der Waals surface area contributed by atoms with Gasteiger partial charge in [-0.1, -0.05) is 12.1 Å². The quantitative estimate of drug-likeness (QED) is 0.692. The molecule has 0 aliphatic carbocycles. The van der Waals surface area contributed by atoms with Crippen LogP contribution in [-0.4, -0.2) is 27.7 Å². The van der Waals surface area contributed by atoms with E-state index in [4.69, 9.17) is 9.47 Å². The summed E-state index contributed by atoms with van der Waals surface area (Å²) in [5.41, 5.74) is 2.33. The summed E-state index contributed by atoms with van der Waals surface area (Å²) in [5.74, 6) is 1.61. The van der Waals surface area contributed by atoms with Crippen molar-refractivity contribution in [1.82, 2.24) is 20.3 Å². The fourth-order valence-corrected chi connectivity index (χ4v) is 2.56. The molecule has 1 aliphatic rings. The highest BCUT2D eigenvalue weighted by atomic mass is 16.7. The second kappa shape index (κ2) is 7.69. The molecule has 3 aromatic rings. The zero-order valence-electron chi connectivity index (χ0n) is 14.4. The number of carbonyl (C=O) groups is 1. The highest BCUT2D eigenvalue weighted by molar-refractivity contribution is 5.93. The number of rotatable bonds is 6. The number of hydrogen-bond acceptors (Lipinski definition) is 7. The van der Waals surface area contributed by atoms with Gasteiger partial charge in [0.15, 0.2) is 11.5 Å². The maximum Gasteiger partial charge on any atom is 0.254 e. The lowest BCUT2D eigenvalue weighted by molar-refractivity contribution is 0.0950. The van der Waals surface area contributed by atoms with Gasteiger partial charge in [-0.2, -0.15) is 0 Å². The standard InChI is InChI=1S/C19H17N5O3/c25-18(21-8-13-3-4-16-17(6-13)27-12-26-16)15-10-23-19(24-11-15)22-9-14-2-1-5-20-7-14/h1-7,10-11H,8-9,12H2,(H,21,25)(H,22,23,24). The highest BCUT2D eigenvalue weighted by Gasteiger charge is 2.14. The van der Waals surface area contributed by atoms with Gasteiger partial charge in [0.1, 0.15) is 0 Å². The molecule has 3 heterocycles. The van der Waals surface area contributed by atoms with Crippen LogP contribution >= 0.6 is 0 Å². The molecule has 0 bridgehead atoms. The van der Waals surface area contributed by atoms with Gasteiger partial charge in [-0.05, 0) is 29.3 Å². The third kappa shape index (κ3) is 4.12. The third-order valence-electron chi connectivity index (χ3n) is 3.98. The monoisotopic (exact) mass is 363 g/mol. The van der Waals surface area contributed by atoms with E-state index in [0.717, 1.165) is 11.1 Å². The van der Waals surface area contributed by atoms with Crippen LogP contribution in [0.25, 0.3) is 0 Å². The number of nitrogens with one attached hydrogen (secondary N) is 2. The maximum absolute atomic E-state index is 12.3. The lowest BCUT2D eigenvalue weighted by Gasteiger charge is -2.07. The molecule has 0 atom stereocenters. The Bertz CT molecular complexity index is 932. The van der Waals surface area contributed by atoms with Crippen molar-refractivity contribution in [2.75, 3.05) is 12.1 Å². The van der Waals surface area contributed by atoms with Gasteiger partial charge in [0, 0.05) is 37.9 Å². The zero-order chi connectivity index (χ0) is 18.5. The van der Waals surface area contributed by atoms with E-state index in [2.05, 4.69) is 25.6 Å². The Labute approximate surface area is 155 Å². The van der Waals surface area contributed by atoms with Crippen molar-refractivity contribution in [3.8, 4) is 11.5 Å². The van der Waals surface area contributed by atoms with Gasteiger partial charge in [-0.15, -0.1) is 0 Å². The van der Waals surface area contributed by atoms with Crippen LogP contribution in [0.3, 0.4) is 0 Å². The predicted molar refractivity (Wildman–Crippen MR) is 97.3 cm³/mol. The van der Waals surface area contributed by atoms with Gasteiger partial charge in [0.25, 0.3) is 5.91 Å². The second-order valence-corrected chi connectivity index (χ2v) is 5.88. The molecule has 1 aliphatic heterocycles. The first kappa shape index (κ1) is 16.8. The molecule has 8 heteroatoms. The predicted octanol–water partition coefficient (Wildman–Crippen LogP) is 2.14. The lowest BCUT2D eigenvalue weighted by atomic mass is 10.2. The molecule has 0 fully saturated rings. The number of nitrogens with zero attached hydrogens (tertiary/aromatic N) is 3. The zero-order valence-corrected chi connectivity index (χ0v) is 14.4. The summed E-state index contributed by atoms with van der Waals surface area (Å²) in [5, 5.41) is 5.93. The Morgan fingerprint density at radius 1 is 1.00 bits per heavy atom. The number of aromatic nitrogens is 3. The van der Waals surface area contributed by atoms with Crippen LogP contribution < -0.4 is 20.1 Å². The molecule has 0 unspecified atom stereocenters. The average molecular weight is 363 g/mol. The number of carbonyl (C=O) groups excluding carboxylic acids is 1. The van der Waals surface area contributed by atoms with Crippen LogP contribution in [0.2, 0.25) is 0 Å². The molecule has 27 heavy (non-hydrogen) atoms. The van der Waals surface area contributed by atoms with Crippen LogP contribution in [0, 0.1) is 0 Å². The summed E-state index contributed by atoms with van der Waals surface area (Å²) in [7, 11) is 0. The minimum Gasteiger partial charge on any atom is -0.454 e. The van der Waals surface area contributed by atoms with E-state index in [9.17, 15) is 4.79 Å². The molecular weight excluding hydrogens is 346 g/mol. The number of fused-ring (bicyclic) bond motifs is 1. The Balaban J connectivity index is 1.31. The fraction of sp³-hybridized carbons (Fsp3) is 0.158. The van der Waals surface area contributed by atoms with Crippen LogP contribution in [0.15, 0.2) is 55.1 Å². The first-order valence-corrected chi connectivity index (χ1v) is 8.39.